The molecule has 16 heavy (non-hydrogen) atoms. The summed E-state index contributed by atoms with van der Waals surface area (Å²) in [6.45, 7) is 1.82. The van der Waals surface area contributed by atoms with Crippen LogP contribution in [0.1, 0.15) is 6.42 Å². The van der Waals surface area contributed by atoms with Gasteiger partial charge in [-0.05, 0) is 32.1 Å². The van der Waals surface area contributed by atoms with Crippen molar-refractivity contribution in [2.24, 2.45) is 0 Å². The number of halogens is 2. The van der Waals surface area contributed by atoms with Crippen LogP contribution in [0.15, 0.2) is 12.1 Å². The van der Waals surface area contributed by atoms with E-state index in [2.05, 4.69) is 10.6 Å². The Labute approximate surface area is 106 Å². The summed E-state index contributed by atoms with van der Waals surface area (Å²) < 4.78 is 5.07. The maximum atomic E-state index is 6.10. The minimum absolute atomic E-state index is 0.447. The molecule has 0 bridgehead atoms. The standard InChI is InChI=1S/C11H16Cl2N2O/c1-14-6-3-7-15-8-4-5-9(16-2)11(13)10(8)12/h4-5,14-15H,3,6-7H2,1-2H3. The molecule has 1 rings (SSSR count). The molecule has 1 aromatic rings. The van der Waals surface area contributed by atoms with Crippen molar-refractivity contribution in [1.29, 1.82) is 0 Å². The SMILES string of the molecule is CNCCCNc1ccc(OC)c(Cl)c1Cl. The van der Waals surface area contributed by atoms with Gasteiger partial charge in [-0.2, -0.15) is 0 Å². The largest absolute Gasteiger partial charge is 0.495 e. The molecular formula is C11H16Cl2N2O. The Morgan fingerprint density at radius 2 is 1.94 bits per heavy atom. The average Bonchev–Trinajstić information content (AvgIpc) is 2.30. The van der Waals surface area contributed by atoms with Crippen LogP contribution in [0.25, 0.3) is 0 Å². The highest BCUT2D eigenvalue weighted by molar-refractivity contribution is 6.44. The Kier molecular flexibility index (Phi) is 5.74. The molecule has 5 heteroatoms. The van der Waals surface area contributed by atoms with Gasteiger partial charge in [0.25, 0.3) is 0 Å². The van der Waals surface area contributed by atoms with Gasteiger partial charge in [0, 0.05) is 6.54 Å². The second-order valence-corrected chi connectivity index (χ2v) is 4.08. The number of hydrogen-bond donors (Lipinski definition) is 2. The lowest BCUT2D eigenvalue weighted by Gasteiger charge is -2.11. The van der Waals surface area contributed by atoms with Gasteiger partial charge in [-0.3, -0.25) is 0 Å². The Morgan fingerprint density at radius 1 is 1.19 bits per heavy atom. The average molecular weight is 263 g/mol. The smallest absolute Gasteiger partial charge is 0.139 e. The van der Waals surface area contributed by atoms with Gasteiger partial charge in [-0.25, -0.2) is 0 Å². The number of ether oxygens (including phenoxy) is 1. The summed E-state index contributed by atoms with van der Waals surface area (Å²) in [4.78, 5) is 0. The van der Waals surface area contributed by atoms with E-state index in [9.17, 15) is 0 Å². The van der Waals surface area contributed by atoms with Gasteiger partial charge in [0.1, 0.15) is 10.8 Å². The van der Waals surface area contributed by atoms with E-state index in [1.165, 1.54) is 0 Å². The topological polar surface area (TPSA) is 33.3 Å². The van der Waals surface area contributed by atoms with Crippen molar-refractivity contribution < 1.29 is 4.74 Å². The van der Waals surface area contributed by atoms with Crippen molar-refractivity contribution in [3.05, 3.63) is 22.2 Å². The molecule has 0 unspecified atom stereocenters. The highest BCUT2D eigenvalue weighted by Crippen LogP contribution is 2.37. The molecule has 3 nitrogen and oxygen atoms in total. The number of methoxy groups -OCH3 is 1. The molecule has 0 aliphatic carbocycles. The van der Waals surface area contributed by atoms with Crippen LogP contribution in [0.5, 0.6) is 5.75 Å². The van der Waals surface area contributed by atoms with Gasteiger partial charge in [-0.15, -0.1) is 0 Å². The van der Waals surface area contributed by atoms with Crippen LogP contribution in [-0.2, 0) is 0 Å². The van der Waals surface area contributed by atoms with E-state index in [1.54, 1.807) is 13.2 Å². The molecule has 0 spiro atoms. The first-order valence-corrected chi connectivity index (χ1v) is 5.86. The molecule has 0 saturated carbocycles. The first-order chi connectivity index (χ1) is 7.70. The van der Waals surface area contributed by atoms with Crippen LogP contribution in [-0.4, -0.2) is 27.2 Å². The third-order valence-corrected chi connectivity index (χ3v) is 3.05. The highest BCUT2D eigenvalue weighted by atomic mass is 35.5. The second-order valence-electron chi connectivity index (χ2n) is 3.33. The Morgan fingerprint density at radius 3 is 2.56 bits per heavy atom. The van der Waals surface area contributed by atoms with E-state index < -0.39 is 0 Å². The third-order valence-electron chi connectivity index (χ3n) is 2.19. The zero-order chi connectivity index (χ0) is 12.0. The Balaban J connectivity index is 2.64. The normalized spacial score (nSPS) is 10.2. The number of benzene rings is 1. The van der Waals surface area contributed by atoms with Crippen LogP contribution in [0.4, 0.5) is 5.69 Å². The fourth-order valence-corrected chi connectivity index (χ4v) is 1.78. The van der Waals surface area contributed by atoms with E-state index in [0.717, 1.165) is 25.2 Å². The molecule has 2 N–H and O–H groups in total. The first-order valence-electron chi connectivity index (χ1n) is 5.11. The van der Waals surface area contributed by atoms with Crippen LogP contribution >= 0.6 is 23.2 Å². The van der Waals surface area contributed by atoms with E-state index in [-0.39, 0.29) is 0 Å². The van der Waals surface area contributed by atoms with Crippen molar-refractivity contribution in [2.45, 2.75) is 6.42 Å². The van der Waals surface area contributed by atoms with Gasteiger partial charge in [-0.1, -0.05) is 23.2 Å². The molecule has 0 fully saturated rings. The van der Waals surface area contributed by atoms with Gasteiger partial charge in [0.15, 0.2) is 0 Å². The summed E-state index contributed by atoms with van der Waals surface area (Å²) in [7, 11) is 3.49. The molecule has 0 heterocycles. The minimum Gasteiger partial charge on any atom is -0.495 e. The predicted octanol–water partition coefficient (Wildman–Crippen LogP) is 3.02. The van der Waals surface area contributed by atoms with Crippen molar-refractivity contribution in [2.75, 3.05) is 32.6 Å². The molecule has 0 saturated heterocycles. The summed E-state index contributed by atoms with van der Waals surface area (Å²) in [6, 6.07) is 3.67. The lowest BCUT2D eigenvalue weighted by molar-refractivity contribution is 0.415. The first kappa shape index (κ1) is 13.4. The zero-order valence-electron chi connectivity index (χ0n) is 9.44. The molecular weight excluding hydrogens is 247 g/mol. The molecule has 1 aromatic carbocycles. The van der Waals surface area contributed by atoms with E-state index in [0.29, 0.717) is 15.8 Å². The van der Waals surface area contributed by atoms with Gasteiger partial charge >= 0.3 is 0 Å². The van der Waals surface area contributed by atoms with Gasteiger partial charge < -0.3 is 15.4 Å². The third kappa shape index (κ3) is 3.44. The number of rotatable bonds is 6. The van der Waals surface area contributed by atoms with Crippen molar-refractivity contribution in [3.63, 3.8) is 0 Å². The lowest BCUT2D eigenvalue weighted by Crippen LogP contribution is -2.13. The maximum absolute atomic E-state index is 6.10. The lowest BCUT2D eigenvalue weighted by atomic mass is 10.3. The Bertz CT molecular complexity index is 345. The van der Waals surface area contributed by atoms with Crippen LogP contribution in [0.3, 0.4) is 0 Å². The van der Waals surface area contributed by atoms with Crippen molar-refractivity contribution in [3.8, 4) is 5.75 Å². The second kappa shape index (κ2) is 6.84. The van der Waals surface area contributed by atoms with Crippen LogP contribution in [0, 0.1) is 0 Å². The molecule has 0 aliphatic rings. The van der Waals surface area contributed by atoms with Gasteiger partial charge in [0.2, 0.25) is 0 Å². The number of hydrogen-bond acceptors (Lipinski definition) is 3. The summed E-state index contributed by atoms with van der Waals surface area (Å²) in [6.07, 6.45) is 1.02. The van der Waals surface area contributed by atoms with Crippen LogP contribution in [0.2, 0.25) is 10.0 Å². The highest BCUT2D eigenvalue weighted by Gasteiger charge is 2.09. The quantitative estimate of drug-likeness (QED) is 0.774. The monoisotopic (exact) mass is 262 g/mol. The van der Waals surface area contributed by atoms with E-state index >= 15 is 0 Å². The number of nitrogens with one attached hydrogen (secondary N) is 2. The van der Waals surface area contributed by atoms with E-state index in [1.807, 2.05) is 13.1 Å². The fourth-order valence-electron chi connectivity index (χ4n) is 1.31. The molecule has 0 aromatic heterocycles. The summed E-state index contributed by atoms with van der Waals surface area (Å²) >= 11 is 12.1. The van der Waals surface area contributed by atoms with E-state index in [4.69, 9.17) is 27.9 Å². The number of anilines is 1. The van der Waals surface area contributed by atoms with Crippen molar-refractivity contribution >= 4 is 28.9 Å². The predicted molar refractivity (Wildman–Crippen MR) is 70.0 cm³/mol. The maximum Gasteiger partial charge on any atom is 0.139 e. The minimum atomic E-state index is 0.447. The molecule has 0 atom stereocenters. The summed E-state index contributed by atoms with van der Waals surface area (Å²) in [5.41, 5.74) is 0.837. The summed E-state index contributed by atoms with van der Waals surface area (Å²) in [5.74, 6) is 0.590. The van der Waals surface area contributed by atoms with Crippen molar-refractivity contribution in [1.82, 2.24) is 5.32 Å². The zero-order valence-corrected chi connectivity index (χ0v) is 11.0. The fraction of sp³-hybridized carbons (Fsp3) is 0.455. The van der Waals surface area contributed by atoms with Crippen LogP contribution < -0.4 is 15.4 Å². The molecule has 90 valence electrons. The molecule has 0 radical (unpaired) electrons. The summed E-state index contributed by atoms with van der Waals surface area (Å²) in [5, 5.41) is 7.26. The molecule has 0 aliphatic heterocycles. The van der Waals surface area contributed by atoms with Gasteiger partial charge in [0.05, 0.1) is 17.8 Å². The molecule has 0 amide bonds. The Hall–Kier alpha value is -0.640.